The molecule has 0 aliphatic rings. The molecule has 1 aromatic heterocycles. The summed E-state index contributed by atoms with van der Waals surface area (Å²) >= 11 is 0. The minimum Gasteiger partial charge on any atom is -0.494 e. The van der Waals surface area contributed by atoms with Crippen molar-refractivity contribution in [2.45, 2.75) is 6.92 Å². The van der Waals surface area contributed by atoms with Crippen molar-refractivity contribution in [2.24, 2.45) is 10.9 Å². The van der Waals surface area contributed by atoms with E-state index in [0.29, 0.717) is 23.7 Å². The van der Waals surface area contributed by atoms with Gasteiger partial charge in [-0.3, -0.25) is 0 Å². The maximum absolute atomic E-state index is 8.73. The first-order chi connectivity index (χ1) is 9.74. The normalized spacial score (nSPS) is 11.2. The van der Waals surface area contributed by atoms with Crippen LogP contribution in [0.2, 0.25) is 0 Å². The summed E-state index contributed by atoms with van der Waals surface area (Å²) in [6.07, 6.45) is 1.43. The van der Waals surface area contributed by atoms with E-state index in [1.807, 2.05) is 13.0 Å². The van der Waals surface area contributed by atoms with Crippen molar-refractivity contribution in [3.05, 3.63) is 42.1 Å². The van der Waals surface area contributed by atoms with Crippen LogP contribution in [0.4, 0.5) is 0 Å². The number of oxime groups is 1. The topological polar surface area (TPSA) is 103 Å². The van der Waals surface area contributed by atoms with Gasteiger partial charge in [0.25, 0.3) is 0 Å². The number of hydrogen-bond donors (Lipinski definition) is 2. The van der Waals surface area contributed by atoms with Crippen LogP contribution < -0.4 is 15.2 Å². The lowest BCUT2D eigenvalue weighted by molar-refractivity contribution is 0.318. The van der Waals surface area contributed by atoms with E-state index in [4.69, 9.17) is 20.4 Å². The molecule has 0 unspecified atom stereocenters. The molecule has 1 aromatic carbocycles. The zero-order valence-corrected chi connectivity index (χ0v) is 10.9. The molecule has 20 heavy (non-hydrogen) atoms. The van der Waals surface area contributed by atoms with Crippen molar-refractivity contribution in [1.29, 1.82) is 0 Å². The molecule has 3 N–H and O–H groups in total. The number of amidine groups is 1. The fourth-order valence-corrected chi connectivity index (χ4v) is 1.55. The minimum absolute atomic E-state index is 0.101. The summed E-state index contributed by atoms with van der Waals surface area (Å²) in [5, 5.41) is 19.2. The minimum atomic E-state index is -0.101. The van der Waals surface area contributed by atoms with Gasteiger partial charge in [-0.2, -0.15) is 5.10 Å². The zero-order chi connectivity index (χ0) is 14.4. The van der Waals surface area contributed by atoms with Crippen LogP contribution in [0, 0.1) is 0 Å². The van der Waals surface area contributed by atoms with E-state index < -0.39 is 0 Å². The molecule has 0 amide bonds. The van der Waals surface area contributed by atoms with Crippen molar-refractivity contribution in [3.8, 4) is 17.4 Å². The first-order valence-electron chi connectivity index (χ1n) is 5.95. The first kappa shape index (κ1) is 13.6. The van der Waals surface area contributed by atoms with Gasteiger partial charge in [0, 0.05) is 6.07 Å². The Morgan fingerprint density at radius 1 is 1.35 bits per heavy atom. The molecule has 0 fully saturated rings. The molecule has 0 aliphatic heterocycles. The summed E-state index contributed by atoms with van der Waals surface area (Å²) in [5.41, 5.74) is 5.91. The monoisotopic (exact) mass is 274 g/mol. The Bertz CT molecular complexity index is 616. The molecule has 0 bridgehead atoms. The van der Waals surface area contributed by atoms with Crippen LogP contribution in [0.5, 0.6) is 17.4 Å². The molecule has 1 heterocycles. The summed E-state index contributed by atoms with van der Waals surface area (Å²) in [6.45, 7) is 2.46. The van der Waals surface area contributed by atoms with Gasteiger partial charge in [0.05, 0.1) is 18.4 Å². The molecular formula is C13H14N4O3. The largest absolute Gasteiger partial charge is 0.494 e. The number of rotatable bonds is 5. The second-order valence-electron chi connectivity index (χ2n) is 3.75. The highest BCUT2D eigenvalue weighted by atomic mass is 16.5. The highest BCUT2D eigenvalue weighted by molar-refractivity contribution is 5.98. The van der Waals surface area contributed by atoms with Gasteiger partial charge < -0.3 is 20.4 Å². The summed E-state index contributed by atoms with van der Waals surface area (Å²) in [7, 11) is 0. The van der Waals surface area contributed by atoms with Gasteiger partial charge in [-0.25, -0.2) is 0 Å². The summed E-state index contributed by atoms with van der Waals surface area (Å²) in [4.78, 5) is 0. The summed E-state index contributed by atoms with van der Waals surface area (Å²) < 4.78 is 11.0. The third-order valence-electron chi connectivity index (χ3n) is 2.40. The lowest BCUT2D eigenvalue weighted by atomic mass is 10.2. The standard InChI is InChI=1S/C13H14N4O3/c1-2-19-9-4-3-5-10(8-9)20-13-11(12(14)17-18)6-7-15-16-13/h3-8,18H,2H2,1H3,(H2,14,17). The highest BCUT2D eigenvalue weighted by Gasteiger charge is 2.11. The molecule has 0 saturated heterocycles. The van der Waals surface area contributed by atoms with E-state index in [2.05, 4.69) is 15.4 Å². The van der Waals surface area contributed by atoms with Gasteiger partial charge in [-0.1, -0.05) is 11.2 Å². The Morgan fingerprint density at radius 2 is 2.15 bits per heavy atom. The summed E-state index contributed by atoms with van der Waals surface area (Å²) in [6, 6.07) is 8.61. The van der Waals surface area contributed by atoms with Gasteiger partial charge in [0.2, 0.25) is 5.88 Å². The predicted octanol–water partition coefficient (Wildman–Crippen LogP) is 1.76. The Morgan fingerprint density at radius 3 is 2.90 bits per heavy atom. The Kier molecular flexibility index (Phi) is 4.33. The Balaban J connectivity index is 2.28. The molecule has 2 aromatic rings. The van der Waals surface area contributed by atoms with Crippen molar-refractivity contribution in [2.75, 3.05) is 6.61 Å². The third kappa shape index (κ3) is 3.14. The fraction of sp³-hybridized carbons (Fsp3) is 0.154. The van der Waals surface area contributed by atoms with Crippen LogP contribution in [-0.2, 0) is 0 Å². The van der Waals surface area contributed by atoms with Crippen LogP contribution in [0.25, 0.3) is 0 Å². The number of nitrogens with two attached hydrogens (primary N) is 1. The molecule has 104 valence electrons. The number of nitrogens with zero attached hydrogens (tertiary/aromatic N) is 3. The molecule has 0 aliphatic carbocycles. The van der Waals surface area contributed by atoms with Crippen LogP contribution in [0.3, 0.4) is 0 Å². The highest BCUT2D eigenvalue weighted by Crippen LogP contribution is 2.25. The fourth-order valence-electron chi connectivity index (χ4n) is 1.55. The smallest absolute Gasteiger partial charge is 0.250 e. The SMILES string of the molecule is CCOc1cccc(Oc2nnccc2/C(N)=N/O)c1. The maximum Gasteiger partial charge on any atom is 0.250 e. The van der Waals surface area contributed by atoms with E-state index in [1.54, 1.807) is 24.3 Å². The predicted molar refractivity (Wildman–Crippen MR) is 72.2 cm³/mol. The maximum atomic E-state index is 8.73. The molecule has 0 saturated carbocycles. The lowest BCUT2D eigenvalue weighted by Gasteiger charge is -2.09. The Labute approximate surface area is 115 Å². The van der Waals surface area contributed by atoms with Crippen LogP contribution in [-0.4, -0.2) is 27.8 Å². The molecule has 0 radical (unpaired) electrons. The number of hydrogen-bond acceptors (Lipinski definition) is 6. The van der Waals surface area contributed by atoms with Crippen LogP contribution >= 0.6 is 0 Å². The second-order valence-corrected chi connectivity index (χ2v) is 3.75. The van der Waals surface area contributed by atoms with Crippen LogP contribution in [0.1, 0.15) is 12.5 Å². The van der Waals surface area contributed by atoms with Crippen molar-refractivity contribution < 1.29 is 14.7 Å². The van der Waals surface area contributed by atoms with Crippen LogP contribution in [0.15, 0.2) is 41.7 Å². The van der Waals surface area contributed by atoms with Gasteiger partial charge in [-0.05, 0) is 25.1 Å². The zero-order valence-electron chi connectivity index (χ0n) is 10.9. The molecule has 0 atom stereocenters. The van der Waals surface area contributed by atoms with Gasteiger partial charge in [-0.15, -0.1) is 5.10 Å². The second kappa shape index (κ2) is 6.37. The lowest BCUT2D eigenvalue weighted by Crippen LogP contribution is -2.15. The molecule has 2 rings (SSSR count). The number of aromatic nitrogens is 2. The average molecular weight is 274 g/mol. The van der Waals surface area contributed by atoms with Crippen molar-refractivity contribution in [1.82, 2.24) is 10.2 Å². The van der Waals surface area contributed by atoms with Crippen molar-refractivity contribution >= 4 is 5.84 Å². The molecule has 7 nitrogen and oxygen atoms in total. The molecular weight excluding hydrogens is 260 g/mol. The molecule has 0 spiro atoms. The van der Waals surface area contributed by atoms with Gasteiger partial charge >= 0.3 is 0 Å². The quantitative estimate of drug-likeness (QED) is 0.373. The molecule has 7 heteroatoms. The van der Waals surface area contributed by atoms with E-state index in [1.165, 1.54) is 6.20 Å². The van der Waals surface area contributed by atoms with Crippen molar-refractivity contribution in [3.63, 3.8) is 0 Å². The van der Waals surface area contributed by atoms with Gasteiger partial charge in [0.15, 0.2) is 5.84 Å². The number of benzene rings is 1. The third-order valence-corrected chi connectivity index (χ3v) is 2.40. The van der Waals surface area contributed by atoms with E-state index in [9.17, 15) is 0 Å². The Hall–Kier alpha value is -2.83. The van der Waals surface area contributed by atoms with E-state index in [-0.39, 0.29) is 11.7 Å². The van der Waals surface area contributed by atoms with E-state index in [0.717, 1.165) is 0 Å². The summed E-state index contributed by atoms with van der Waals surface area (Å²) in [5.74, 6) is 1.25. The van der Waals surface area contributed by atoms with E-state index >= 15 is 0 Å². The first-order valence-corrected chi connectivity index (χ1v) is 5.95. The average Bonchev–Trinajstić information content (AvgIpc) is 2.48. The number of ether oxygens (including phenoxy) is 2. The van der Waals surface area contributed by atoms with Gasteiger partial charge in [0.1, 0.15) is 11.5 Å².